The fourth-order valence-corrected chi connectivity index (χ4v) is 1.99. The number of aldehydes is 1. The van der Waals surface area contributed by atoms with Gasteiger partial charge in [-0.2, -0.15) is 13.2 Å². The molecule has 120 valence electrons. The van der Waals surface area contributed by atoms with Crippen LogP contribution >= 0.6 is 0 Å². The van der Waals surface area contributed by atoms with Gasteiger partial charge in [0.05, 0.1) is 18.2 Å². The normalized spacial score (nSPS) is 11.7. The van der Waals surface area contributed by atoms with Crippen LogP contribution in [0.2, 0.25) is 0 Å². The highest BCUT2D eigenvalue weighted by Crippen LogP contribution is 2.30. The van der Waals surface area contributed by atoms with E-state index in [2.05, 4.69) is 0 Å². The molecule has 1 N–H and O–H groups in total. The quantitative estimate of drug-likeness (QED) is 0.670. The first kappa shape index (κ1) is 16.6. The van der Waals surface area contributed by atoms with Gasteiger partial charge in [-0.3, -0.25) is 4.79 Å². The number of benzene rings is 2. The van der Waals surface area contributed by atoms with Gasteiger partial charge in [-0.1, -0.05) is 24.3 Å². The van der Waals surface area contributed by atoms with Crippen LogP contribution in [0.1, 0.15) is 27.0 Å². The summed E-state index contributed by atoms with van der Waals surface area (Å²) in [6.45, 7) is 0. The largest absolute Gasteiger partial charge is 0.507 e. The second kappa shape index (κ2) is 6.56. The first-order valence-corrected chi connectivity index (χ1v) is 6.56. The molecule has 0 heterocycles. The topological polar surface area (TPSA) is 46.5 Å². The average Bonchev–Trinajstić information content (AvgIpc) is 2.52. The molecule has 2 aromatic carbocycles. The molecule has 0 saturated heterocycles. The molecule has 0 aliphatic carbocycles. The monoisotopic (exact) mass is 322 g/mol. The Bertz CT molecular complexity index is 732. The van der Waals surface area contributed by atoms with Crippen LogP contribution in [0.5, 0.6) is 11.5 Å². The molecule has 3 nitrogen and oxygen atoms in total. The zero-order valence-corrected chi connectivity index (χ0v) is 12.1. The van der Waals surface area contributed by atoms with Gasteiger partial charge in [0.1, 0.15) is 11.5 Å². The molecule has 0 radical (unpaired) electrons. The van der Waals surface area contributed by atoms with Crippen LogP contribution in [0.25, 0.3) is 12.2 Å². The third kappa shape index (κ3) is 3.91. The number of carbonyl (C=O) groups excluding carboxylic acids is 1. The zero-order valence-electron chi connectivity index (χ0n) is 12.1. The molecule has 0 amide bonds. The number of alkyl halides is 3. The summed E-state index contributed by atoms with van der Waals surface area (Å²) in [5.41, 5.74) is 0.269. The Morgan fingerprint density at radius 3 is 2.26 bits per heavy atom. The first-order chi connectivity index (χ1) is 10.8. The van der Waals surface area contributed by atoms with E-state index in [4.69, 9.17) is 4.74 Å². The number of rotatable bonds is 4. The minimum Gasteiger partial charge on any atom is -0.507 e. The van der Waals surface area contributed by atoms with E-state index in [-0.39, 0.29) is 11.3 Å². The molecule has 0 aliphatic heterocycles. The van der Waals surface area contributed by atoms with Crippen LogP contribution in [0.15, 0.2) is 36.4 Å². The average molecular weight is 322 g/mol. The Morgan fingerprint density at radius 2 is 1.74 bits per heavy atom. The molecule has 0 unspecified atom stereocenters. The van der Waals surface area contributed by atoms with E-state index >= 15 is 0 Å². The fraction of sp³-hybridized carbons (Fsp3) is 0.118. The third-order valence-corrected chi connectivity index (χ3v) is 3.21. The van der Waals surface area contributed by atoms with Gasteiger partial charge in [0.15, 0.2) is 6.29 Å². The van der Waals surface area contributed by atoms with Crippen LogP contribution in [-0.2, 0) is 6.18 Å². The molecule has 0 aliphatic rings. The maximum Gasteiger partial charge on any atom is 0.416 e. The Morgan fingerprint density at radius 1 is 1.09 bits per heavy atom. The lowest BCUT2D eigenvalue weighted by Gasteiger charge is -2.07. The van der Waals surface area contributed by atoms with Crippen LogP contribution in [0, 0.1) is 0 Å². The summed E-state index contributed by atoms with van der Waals surface area (Å²) in [5.74, 6) is 0.131. The Kier molecular flexibility index (Phi) is 4.74. The van der Waals surface area contributed by atoms with Crippen molar-refractivity contribution < 1.29 is 27.8 Å². The SMILES string of the molecule is COc1cc(O)c(C=O)c(/C=C/c2ccc(C(F)(F)F)cc2)c1. The number of phenolic OH excluding ortho intramolecular Hbond substituents is 1. The van der Waals surface area contributed by atoms with Gasteiger partial charge in [-0.05, 0) is 29.3 Å². The van der Waals surface area contributed by atoms with Crippen LogP contribution in [-0.4, -0.2) is 18.5 Å². The van der Waals surface area contributed by atoms with Gasteiger partial charge < -0.3 is 9.84 Å². The van der Waals surface area contributed by atoms with Crippen molar-refractivity contribution in [2.45, 2.75) is 6.18 Å². The predicted molar refractivity (Wildman–Crippen MR) is 80.4 cm³/mol. The first-order valence-electron chi connectivity index (χ1n) is 6.56. The van der Waals surface area contributed by atoms with Crippen molar-refractivity contribution in [1.82, 2.24) is 0 Å². The Hall–Kier alpha value is -2.76. The van der Waals surface area contributed by atoms with Gasteiger partial charge in [0, 0.05) is 6.07 Å². The maximum absolute atomic E-state index is 12.5. The smallest absolute Gasteiger partial charge is 0.416 e. The van der Waals surface area contributed by atoms with E-state index in [1.807, 2.05) is 0 Å². The standard InChI is InChI=1S/C17H13F3O3/c1-23-14-8-12(15(10-21)16(22)9-14)5-2-11-3-6-13(7-4-11)17(18,19)20/h2-10,22H,1H3/b5-2+. The highest BCUT2D eigenvalue weighted by molar-refractivity contribution is 5.88. The van der Waals surface area contributed by atoms with Crippen molar-refractivity contribution >= 4 is 18.4 Å². The summed E-state index contributed by atoms with van der Waals surface area (Å²) >= 11 is 0. The number of carbonyl (C=O) groups is 1. The number of ether oxygens (including phenoxy) is 1. The lowest BCUT2D eigenvalue weighted by atomic mass is 10.0. The minimum absolute atomic E-state index is 0.0777. The molecule has 0 bridgehead atoms. The third-order valence-electron chi connectivity index (χ3n) is 3.21. The minimum atomic E-state index is -4.38. The van der Waals surface area contributed by atoms with E-state index in [9.17, 15) is 23.1 Å². The van der Waals surface area contributed by atoms with E-state index in [0.717, 1.165) is 12.1 Å². The molecular formula is C17H13F3O3. The highest BCUT2D eigenvalue weighted by atomic mass is 19.4. The Balaban J connectivity index is 2.33. The number of aromatic hydroxyl groups is 1. The number of methoxy groups -OCH3 is 1. The van der Waals surface area contributed by atoms with Gasteiger partial charge >= 0.3 is 6.18 Å². The molecule has 0 aromatic heterocycles. The van der Waals surface area contributed by atoms with E-state index in [1.165, 1.54) is 31.4 Å². The molecule has 0 fully saturated rings. The highest BCUT2D eigenvalue weighted by Gasteiger charge is 2.29. The molecule has 0 saturated carbocycles. The fourth-order valence-electron chi connectivity index (χ4n) is 1.99. The van der Waals surface area contributed by atoms with Gasteiger partial charge in [-0.15, -0.1) is 0 Å². The van der Waals surface area contributed by atoms with Crippen molar-refractivity contribution in [3.8, 4) is 11.5 Å². The van der Waals surface area contributed by atoms with Crippen molar-refractivity contribution in [2.75, 3.05) is 7.11 Å². The summed E-state index contributed by atoms with van der Waals surface area (Å²) in [4.78, 5) is 11.1. The number of hydrogen-bond donors (Lipinski definition) is 1. The Labute approximate surface area is 130 Å². The molecule has 2 aromatic rings. The lowest BCUT2D eigenvalue weighted by Crippen LogP contribution is -2.03. The van der Waals surface area contributed by atoms with Crippen molar-refractivity contribution in [3.05, 3.63) is 58.7 Å². The van der Waals surface area contributed by atoms with E-state index in [0.29, 0.717) is 23.2 Å². The number of phenols is 1. The zero-order chi connectivity index (χ0) is 17.0. The summed E-state index contributed by atoms with van der Waals surface area (Å²) in [6, 6.07) is 7.44. The summed E-state index contributed by atoms with van der Waals surface area (Å²) in [6.07, 6.45) is -0.817. The second-order valence-electron chi connectivity index (χ2n) is 4.72. The van der Waals surface area contributed by atoms with Crippen molar-refractivity contribution in [2.24, 2.45) is 0 Å². The second-order valence-corrected chi connectivity index (χ2v) is 4.72. The summed E-state index contributed by atoms with van der Waals surface area (Å²) in [5, 5.41) is 9.76. The molecule has 6 heteroatoms. The molecule has 2 rings (SSSR count). The van der Waals surface area contributed by atoms with Crippen molar-refractivity contribution in [1.29, 1.82) is 0 Å². The van der Waals surface area contributed by atoms with Gasteiger partial charge in [0.25, 0.3) is 0 Å². The van der Waals surface area contributed by atoms with Crippen LogP contribution in [0.3, 0.4) is 0 Å². The molecular weight excluding hydrogens is 309 g/mol. The van der Waals surface area contributed by atoms with Crippen LogP contribution < -0.4 is 4.74 Å². The lowest BCUT2D eigenvalue weighted by molar-refractivity contribution is -0.137. The molecule has 0 spiro atoms. The molecule has 0 atom stereocenters. The van der Waals surface area contributed by atoms with E-state index in [1.54, 1.807) is 12.1 Å². The van der Waals surface area contributed by atoms with Crippen LogP contribution in [0.4, 0.5) is 13.2 Å². The summed E-state index contributed by atoms with van der Waals surface area (Å²) in [7, 11) is 1.42. The summed E-state index contributed by atoms with van der Waals surface area (Å²) < 4.78 is 42.5. The van der Waals surface area contributed by atoms with Gasteiger partial charge in [-0.25, -0.2) is 0 Å². The predicted octanol–water partition coefficient (Wildman–Crippen LogP) is 4.40. The van der Waals surface area contributed by atoms with E-state index < -0.39 is 11.7 Å². The maximum atomic E-state index is 12.5. The molecule has 23 heavy (non-hydrogen) atoms. The number of halogens is 3. The van der Waals surface area contributed by atoms with Crippen molar-refractivity contribution in [3.63, 3.8) is 0 Å². The van der Waals surface area contributed by atoms with Gasteiger partial charge in [0.2, 0.25) is 0 Å². The number of hydrogen-bond acceptors (Lipinski definition) is 3.